The minimum Gasteiger partial charge on any atom is -0.493 e. The number of aryl methyl sites for hydroxylation is 1. The number of rotatable bonds is 0. The SMILES string of the molecule is Cc1cc2c3c(c1)OC(C)(C)CC3OC=C2. The Kier molecular flexibility index (Phi) is 1.85. The van der Waals surface area contributed by atoms with Gasteiger partial charge in [-0.05, 0) is 44.0 Å². The maximum Gasteiger partial charge on any atom is 0.131 e. The molecule has 0 aromatic heterocycles. The lowest BCUT2D eigenvalue weighted by atomic mass is 9.87. The molecular formula is C14H16O2. The van der Waals surface area contributed by atoms with Gasteiger partial charge in [0.05, 0.1) is 6.26 Å². The summed E-state index contributed by atoms with van der Waals surface area (Å²) in [5.41, 5.74) is 3.54. The van der Waals surface area contributed by atoms with Crippen molar-refractivity contribution in [1.29, 1.82) is 0 Å². The highest BCUT2D eigenvalue weighted by Gasteiger charge is 2.37. The van der Waals surface area contributed by atoms with Gasteiger partial charge in [-0.3, -0.25) is 0 Å². The van der Waals surface area contributed by atoms with Crippen molar-refractivity contribution in [2.75, 3.05) is 0 Å². The van der Waals surface area contributed by atoms with E-state index in [9.17, 15) is 0 Å². The molecule has 16 heavy (non-hydrogen) atoms. The van der Waals surface area contributed by atoms with Crippen molar-refractivity contribution in [2.24, 2.45) is 0 Å². The van der Waals surface area contributed by atoms with E-state index in [0.29, 0.717) is 0 Å². The molecule has 84 valence electrons. The first-order valence-corrected chi connectivity index (χ1v) is 5.71. The molecule has 2 aliphatic heterocycles. The molecule has 0 fully saturated rings. The Hall–Kier alpha value is -1.44. The van der Waals surface area contributed by atoms with Crippen LogP contribution in [0.15, 0.2) is 18.4 Å². The van der Waals surface area contributed by atoms with E-state index in [4.69, 9.17) is 9.47 Å². The molecule has 0 saturated carbocycles. The smallest absolute Gasteiger partial charge is 0.131 e. The van der Waals surface area contributed by atoms with Crippen LogP contribution >= 0.6 is 0 Å². The molecule has 0 aliphatic carbocycles. The monoisotopic (exact) mass is 216 g/mol. The summed E-state index contributed by atoms with van der Waals surface area (Å²) >= 11 is 0. The minimum atomic E-state index is -0.145. The zero-order chi connectivity index (χ0) is 11.3. The fourth-order valence-corrected chi connectivity index (χ4v) is 2.57. The van der Waals surface area contributed by atoms with Gasteiger partial charge in [0, 0.05) is 12.0 Å². The van der Waals surface area contributed by atoms with Crippen LogP contribution in [0.4, 0.5) is 0 Å². The Morgan fingerprint density at radius 2 is 2.12 bits per heavy atom. The van der Waals surface area contributed by atoms with E-state index in [2.05, 4.69) is 32.9 Å². The first kappa shape index (κ1) is 9.76. The number of benzene rings is 1. The molecule has 1 aromatic rings. The van der Waals surface area contributed by atoms with Crippen LogP contribution in [0.5, 0.6) is 5.75 Å². The molecule has 2 heteroatoms. The maximum absolute atomic E-state index is 6.03. The average molecular weight is 216 g/mol. The predicted molar refractivity (Wildman–Crippen MR) is 63.4 cm³/mol. The zero-order valence-electron chi connectivity index (χ0n) is 9.91. The first-order chi connectivity index (χ1) is 7.55. The summed E-state index contributed by atoms with van der Waals surface area (Å²) in [6.45, 7) is 6.32. The number of hydrogen-bond acceptors (Lipinski definition) is 2. The van der Waals surface area contributed by atoms with Crippen LogP contribution in [0, 0.1) is 6.92 Å². The van der Waals surface area contributed by atoms with Crippen molar-refractivity contribution < 1.29 is 9.47 Å². The molecule has 2 aliphatic rings. The van der Waals surface area contributed by atoms with E-state index in [1.165, 1.54) is 16.7 Å². The van der Waals surface area contributed by atoms with Crippen LogP contribution in [0.1, 0.15) is 43.1 Å². The van der Waals surface area contributed by atoms with Gasteiger partial charge in [0.25, 0.3) is 0 Å². The molecular weight excluding hydrogens is 200 g/mol. The number of hydrogen-bond donors (Lipinski definition) is 0. The summed E-state index contributed by atoms with van der Waals surface area (Å²) in [5.74, 6) is 0.987. The zero-order valence-corrected chi connectivity index (χ0v) is 9.91. The first-order valence-electron chi connectivity index (χ1n) is 5.71. The van der Waals surface area contributed by atoms with Crippen molar-refractivity contribution in [3.63, 3.8) is 0 Å². The van der Waals surface area contributed by atoms with Gasteiger partial charge in [-0.1, -0.05) is 6.07 Å². The summed E-state index contributed by atoms with van der Waals surface area (Å²) < 4.78 is 11.7. The van der Waals surface area contributed by atoms with E-state index >= 15 is 0 Å². The molecule has 0 N–H and O–H groups in total. The van der Waals surface area contributed by atoms with Gasteiger partial charge in [0.2, 0.25) is 0 Å². The Labute approximate surface area is 95.9 Å². The van der Waals surface area contributed by atoms with Crippen molar-refractivity contribution >= 4 is 6.08 Å². The van der Waals surface area contributed by atoms with E-state index in [-0.39, 0.29) is 11.7 Å². The molecule has 0 bridgehead atoms. The molecule has 1 unspecified atom stereocenters. The molecule has 0 radical (unpaired) electrons. The van der Waals surface area contributed by atoms with Crippen LogP contribution in [0.2, 0.25) is 0 Å². The minimum absolute atomic E-state index is 0.145. The van der Waals surface area contributed by atoms with Gasteiger partial charge >= 0.3 is 0 Å². The molecule has 0 spiro atoms. The van der Waals surface area contributed by atoms with E-state index in [1.54, 1.807) is 6.26 Å². The third kappa shape index (κ3) is 1.41. The van der Waals surface area contributed by atoms with Crippen molar-refractivity contribution in [3.8, 4) is 5.75 Å². The average Bonchev–Trinajstić information content (AvgIpc) is 2.14. The summed E-state index contributed by atoms with van der Waals surface area (Å²) in [6, 6.07) is 4.29. The standard InChI is InChI=1S/C14H16O2/c1-9-6-10-4-5-15-12-8-14(2,3)16-11(7-9)13(10)12/h4-7,12H,8H2,1-3H3. The topological polar surface area (TPSA) is 18.5 Å². The van der Waals surface area contributed by atoms with Gasteiger partial charge in [0.15, 0.2) is 0 Å². The Bertz CT molecular complexity index is 472. The normalized spacial score (nSPS) is 24.3. The lowest BCUT2D eigenvalue weighted by Crippen LogP contribution is -2.36. The fraction of sp³-hybridized carbons (Fsp3) is 0.429. The number of ether oxygens (including phenoxy) is 2. The summed E-state index contributed by atoms with van der Waals surface area (Å²) in [7, 11) is 0. The predicted octanol–water partition coefficient (Wildman–Crippen LogP) is 3.60. The third-order valence-electron chi connectivity index (χ3n) is 3.19. The van der Waals surface area contributed by atoms with Crippen molar-refractivity contribution in [2.45, 2.75) is 38.9 Å². The van der Waals surface area contributed by atoms with Gasteiger partial charge < -0.3 is 9.47 Å². The molecule has 3 rings (SSSR count). The van der Waals surface area contributed by atoms with Crippen molar-refractivity contribution in [1.82, 2.24) is 0 Å². The molecule has 1 aromatic carbocycles. The Morgan fingerprint density at radius 3 is 2.94 bits per heavy atom. The van der Waals surface area contributed by atoms with Crippen LogP contribution < -0.4 is 4.74 Å². The lowest BCUT2D eigenvalue weighted by Gasteiger charge is -2.39. The fourth-order valence-electron chi connectivity index (χ4n) is 2.57. The highest BCUT2D eigenvalue weighted by atomic mass is 16.5. The van der Waals surface area contributed by atoms with E-state index in [0.717, 1.165) is 12.2 Å². The maximum atomic E-state index is 6.03. The highest BCUT2D eigenvalue weighted by Crippen LogP contribution is 2.45. The quantitative estimate of drug-likeness (QED) is 0.659. The van der Waals surface area contributed by atoms with Gasteiger partial charge in [-0.2, -0.15) is 0 Å². The van der Waals surface area contributed by atoms with Gasteiger partial charge in [0.1, 0.15) is 17.5 Å². The lowest BCUT2D eigenvalue weighted by molar-refractivity contribution is 0.00279. The molecule has 0 amide bonds. The van der Waals surface area contributed by atoms with Gasteiger partial charge in [-0.15, -0.1) is 0 Å². The van der Waals surface area contributed by atoms with Crippen LogP contribution in [0.25, 0.3) is 6.08 Å². The van der Waals surface area contributed by atoms with E-state index < -0.39 is 0 Å². The largest absolute Gasteiger partial charge is 0.493 e. The summed E-state index contributed by atoms with van der Waals surface area (Å²) in [6.07, 6.45) is 4.88. The van der Waals surface area contributed by atoms with Gasteiger partial charge in [-0.25, -0.2) is 0 Å². The second kappa shape index (κ2) is 3.03. The van der Waals surface area contributed by atoms with Crippen LogP contribution in [-0.2, 0) is 4.74 Å². The second-order valence-electron chi connectivity index (χ2n) is 5.26. The van der Waals surface area contributed by atoms with Crippen LogP contribution in [-0.4, -0.2) is 5.60 Å². The molecule has 2 nitrogen and oxygen atoms in total. The Balaban J connectivity index is 2.21. The molecule has 2 heterocycles. The van der Waals surface area contributed by atoms with Crippen molar-refractivity contribution in [3.05, 3.63) is 35.1 Å². The molecule has 0 saturated heterocycles. The summed E-state index contributed by atoms with van der Waals surface area (Å²) in [5, 5.41) is 0. The van der Waals surface area contributed by atoms with E-state index in [1.807, 2.05) is 6.08 Å². The molecule has 1 atom stereocenters. The summed E-state index contributed by atoms with van der Waals surface area (Å²) in [4.78, 5) is 0. The van der Waals surface area contributed by atoms with Crippen LogP contribution in [0.3, 0.4) is 0 Å². The Morgan fingerprint density at radius 1 is 1.31 bits per heavy atom. The highest BCUT2D eigenvalue weighted by molar-refractivity contribution is 5.62. The second-order valence-corrected chi connectivity index (χ2v) is 5.26. The third-order valence-corrected chi connectivity index (χ3v) is 3.19.